The molecule has 3 rings (SSSR count). The van der Waals surface area contributed by atoms with Gasteiger partial charge in [-0.2, -0.15) is 0 Å². The van der Waals surface area contributed by atoms with Crippen molar-refractivity contribution in [2.24, 2.45) is 0 Å². The van der Waals surface area contributed by atoms with Gasteiger partial charge in [0.15, 0.2) is 11.5 Å². The fourth-order valence-corrected chi connectivity index (χ4v) is 2.95. The minimum Gasteiger partial charge on any atom is -0.493 e. The minimum atomic E-state index is -0.921. The number of imide groups is 1. The Kier molecular flexibility index (Phi) is 5.84. The summed E-state index contributed by atoms with van der Waals surface area (Å²) in [6.45, 7) is 2.48. The number of fused-ring (bicyclic) bond motifs is 1. The molecule has 0 bridgehead atoms. The Balaban J connectivity index is 1.81. The van der Waals surface area contributed by atoms with E-state index in [4.69, 9.17) is 25.9 Å². The second-order valence-corrected chi connectivity index (χ2v) is 6.43. The van der Waals surface area contributed by atoms with Crippen molar-refractivity contribution >= 4 is 29.4 Å². The highest BCUT2D eigenvalue weighted by atomic mass is 35.5. The fourth-order valence-electron chi connectivity index (χ4n) is 2.68. The Morgan fingerprint density at radius 2 is 1.75 bits per heavy atom. The van der Waals surface area contributed by atoms with Crippen LogP contribution in [-0.2, 0) is 4.84 Å². The molecule has 0 spiro atoms. The van der Waals surface area contributed by atoms with E-state index < -0.39 is 17.8 Å². The second-order valence-electron chi connectivity index (χ2n) is 6.02. The topological polar surface area (TPSA) is 82.1 Å². The Bertz CT molecular complexity index is 907. The number of carbonyl (C=O) groups is 3. The smallest absolute Gasteiger partial charge is 0.364 e. The molecule has 0 fully saturated rings. The Morgan fingerprint density at radius 1 is 1.11 bits per heavy atom. The lowest BCUT2D eigenvalue weighted by Crippen LogP contribution is -2.32. The molecule has 146 valence electrons. The Hall–Kier alpha value is -3.06. The maximum Gasteiger partial charge on any atom is 0.364 e. The third kappa shape index (κ3) is 3.66. The Morgan fingerprint density at radius 3 is 2.32 bits per heavy atom. The van der Waals surface area contributed by atoms with Crippen LogP contribution in [0.2, 0.25) is 5.02 Å². The molecule has 8 heteroatoms. The molecular weight excluding hydrogens is 386 g/mol. The van der Waals surface area contributed by atoms with E-state index in [1.165, 1.54) is 31.4 Å². The van der Waals surface area contributed by atoms with Crippen LogP contribution in [0.1, 0.15) is 50.8 Å². The largest absolute Gasteiger partial charge is 0.493 e. The molecule has 0 atom stereocenters. The predicted molar refractivity (Wildman–Crippen MR) is 101 cm³/mol. The zero-order valence-corrected chi connectivity index (χ0v) is 16.1. The molecule has 0 aromatic heterocycles. The zero-order chi connectivity index (χ0) is 20.3. The molecule has 0 radical (unpaired) electrons. The third-order valence-corrected chi connectivity index (χ3v) is 4.42. The van der Waals surface area contributed by atoms with Gasteiger partial charge >= 0.3 is 5.97 Å². The van der Waals surface area contributed by atoms with Crippen LogP contribution in [0.25, 0.3) is 0 Å². The number of unbranched alkanes of at least 4 members (excludes halogenated alkanes) is 1. The number of amides is 2. The van der Waals surface area contributed by atoms with Crippen molar-refractivity contribution in [1.29, 1.82) is 0 Å². The van der Waals surface area contributed by atoms with Crippen LogP contribution >= 0.6 is 11.6 Å². The molecule has 0 N–H and O–H groups in total. The number of halogens is 1. The van der Waals surface area contributed by atoms with Gasteiger partial charge in [0.2, 0.25) is 0 Å². The van der Waals surface area contributed by atoms with Gasteiger partial charge in [0.05, 0.1) is 35.4 Å². The van der Waals surface area contributed by atoms with Crippen LogP contribution in [0.5, 0.6) is 11.5 Å². The number of rotatable bonds is 7. The molecule has 0 unspecified atom stereocenters. The molecule has 2 amide bonds. The van der Waals surface area contributed by atoms with E-state index in [2.05, 4.69) is 0 Å². The second kappa shape index (κ2) is 8.31. The van der Waals surface area contributed by atoms with Crippen molar-refractivity contribution in [2.75, 3.05) is 13.7 Å². The standard InChI is InChI=1S/C20H18ClNO6/c1-3-4-9-27-17-15(21)10-12(11-16(17)26-2)20(25)28-22-18(23)13-7-5-6-8-14(13)19(22)24/h5-8,10-11H,3-4,9H2,1-2H3. The molecule has 7 nitrogen and oxygen atoms in total. The number of hydrogen-bond acceptors (Lipinski definition) is 6. The lowest BCUT2D eigenvalue weighted by Gasteiger charge is -2.15. The van der Waals surface area contributed by atoms with Crippen molar-refractivity contribution in [3.63, 3.8) is 0 Å². The molecule has 1 aliphatic rings. The van der Waals surface area contributed by atoms with E-state index in [0.717, 1.165) is 12.8 Å². The quantitative estimate of drug-likeness (QED) is 0.515. The Labute approximate surface area is 166 Å². The summed E-state index contributed by atoms with van der Waals surface area (Å²) in [5, 5.41) is 0.601. The molecule has 2 aromatic rings. The number of benzene rings is 2. The molecule has 1 heterocycles. The van der Waals surface area contributed by atoms with E-state index >= 15 is 0 Å². The first-order valence-corrected chi connectivity index (χ1v) is 9.06. The van der Waals surface area contributed by atoms with E-state index in [-0.39, 0.29) is 27.5 Å². The van der Waals surface area contributed by atoms with Crippen LogP contribution in [0.3, 0.4) is 0 Å². The van der Waals surface area contributed by atoms with Gasteiger partial charge in [-0.1, -0.05) is 42.1 Å². The molecule has 0 aliphatic carbocycles. The minimum absolute atomic E-state index is 0.0150. The highest BCUT2D eigenvalue weighted by Gasteiger charge is 2.39. The van der Waals surface area contributed by atoms with Gasteiger partial charge in [0, 0.05) is 0 Å². The van der Waals surface area contributed by atoms with Gasteiger partial charge in [-0.25, -0.2) is 4.79 Å². The highest BCUT2D eigenvalue weighted by molar-refractivity contribution is 6.32. The maximum atomic E-state index is 12.5. The van der Waals surface area contributed by atoms with Gasteiger partial charge in [-0.3, -0.25) is 9.59 Å². The maximum absolute atomic E-state index is 12.5. The number of hydrogen-bond donors (Lipinski definition) is 0. The third-order valence-electron chi connectivity index (χ3n) is 4.14. The van der Waals surface area contributed by atoms with Crippen LogP contribution < -0.4 is 9.47 Å². The van der Waals surface area contributed by atoms with E-state index in [9.17, 15) is 14.4 Å². The number of hydroxylamine groups is 2. The van der Waals surface area contributed by atoms with E-state index in [0.29, 0.717) is 17.4 Å². The summed E-state index contributed by atoms with van der Waals surface area (Å²) in [5.41, 5.74) is 0.368. The molecule has 0 saturated carbocycles. The molecule has 28 heavy (non-hydrogen) atoms. The lowest BCUT2D eigenvalue weighted by molar-refractivity contribution is -0.0584. The molecular formula is C20H18ClNO6. The molecule has 0 saturated heterocycles. The van der Waals surface area contributed by atoms with Crippen molar-refractivity contribution < 1.29 is 28.7 Å². The van der Waals surface area contributed by atoms with Crippen molar-refractivity contribution in [3.8, 4) is 11.5 Å². The monoisotopic (exact) mass is 403 g/mol. The van der Waals surface area contributed by atoms with E-state index in [1.807, 2.05) is 6.92 Å². The van der Waals surface area contributed by atoms with Gasteiger partial charge in [0.1, 0.15) is 0 Å². The molecule has 2 aromatic carbocycles. The number of carbonyl (C=O) groups excluding carboxylic acids is 3. The summed E-state index contributed by atoms with van der Waals surface area (Å²) in [6.07, 6.45) is 1.79. The predicted octanol–water partition coefficient (Wildman–Crippen LogP) is 3.90. The first kappa shape index (κ1) is 19.7. The number of ether oxygens (including phenoxy) is 2. The van der Waals surface area contributed by atoms with Crippen LogP contribution in [0.4, 0.5) is 0 Å². The van der Waals surface area contributed by atoms with Crippen molar-refractivity contribution in [1.82, 2.24) is 5.06 Å². The summed E-state index contributed by atoms with van der Waals surface area (Å²) >= 11 is 6.22. The van der Waals surface area contributed by atoms with Crippen LogP contribution in [0, 0.1) is 0 Å². The average Bonchev–Trinajstić information content (AvgIpc) is 2.94. The highest BCUT2D eigenvalue weighted by Crippen LogP contribution is 2.37. The zero-order valence-electron chi connectivity index (χ0n) is 15.4. The first-order chi connectivity index (χ1) is 13.5. The van der Waals surface area contributed by atoms with Gasteiger partial charge < -0.3 is 14.3 Å². The number of nitrogens with zero attached hydrogens (tertiary/aromatic N) is 1. The van der Waals surface area contributed by atoms with Crippen LogP contribution in [-0.4, -0.2) is 36.6 Å². The summed E-state index contributed by atoms with van der Waals surface area (Å²) in [7, 11) is 1.41. The summed E-state index contributed by atoms with van der Waals surface area (Å²) in [6, 6.07) is 8.95. The fraction of sp³-hybridized carbons (Fsp3) is 0.250. The van der Waals surface area contributed by atoms with Gasteiger partial charge in [0.25, 0.3) is 11.8 Å². The van der Waals surface area contributed by atoms with Crippen LogP contribution in [0.15, 0.2) is 36.4 Å². The summed E-state index contributed by atoms with van der Waals surface area (Å²) in [4.78, 5) is 42.2. The lowest BCUT2D eigenvalue weighted by atomic mass is 10.1. The SMILES string of the molecule is CCCCOc1c(Cl)cc(C(=O)ON2C(=O)c3ccccc3C2=O)cc1OC. The van der Waals surface area contributed by atoms with Crippen molar-refractivity contribution in [3.05, 3.63) is 58.1 Å². The van der Waals surface area contributed by atoms with Gasteiger partial charge in [-0.05, 0) is 30.7 Å². The normalized spacial score (nSPS) is 12.8. The van der Waals surface area contributed by atoms with Gasteiger partial charge in [-0.15, -0.1) is 0 Å². The average molecular weight is 404 g/mol. The number of methoxy groups -OCH3 is 1. The first-order valence-electron chi connectivity index (χ1n) is 8.68. The summed E-state index contributed by atoms with van der Waals surface area (Å²) < 4.78 is 10.9. The van der Waals surface area contributed by atoms with E-state index in [1.54, 1.807) is 12.1 Å². The molecule has 1 aliphatic heterocycles. The van der Waals surface area contributed by atoms with Crippen molar-refractivity contribution in [2.45, 2.75) is 19.8 Å². The summed E-state index contributed by atoms with van der Waals surface area (Å²) in [5.74, 6) is -1.76.